The van der Waals surface area contributed by atoms with E-state index >= 15 is 0 Å². The van der Waals surface area contributed by atoms with Crippen molar-refractivity contribution in [2.24, 2.45) is 0 Å². The number of aliphatic hydroxyl groups excluding tert-OH is 1. The van der Waals surface area contributed by atoms with Gasteiger partial charge in [-0.05, 0) is 6.42 Å². The monoisotopic (exact) mass is 233 g/mol. The maximum atomic E-state index is 11.3. The number of aliphatic hydroxyl groups is 1. The second-order valence-electron chi connectivity index (χ2n) is 3.35. The van der Waals surface area contributed by atoms with E-state index < -0.39 is 6.10 Å². The topological polar surface area (TPSA) is 66.4 Å². The van der Waals surface area contributed by atoms with Gasteiger partial charge in [0.15, 0.2) is 5.12 Å². The van der Waals surface area contributed by atoms with Crippen LogP contribution in [0.3, 0.4) is 0 Å². The molecular formula is C10H19NO3S. The fourth-order valence-corrected chi connectivity index (χ4v) is 1.82. The van der Waals surface area contributed by atoms with Crippen LogP contribution in [-0.4, -0.2) is 34.5 Å². The Hall–Kier alpha value is -0.550. The quantitative estimate of drug-likeness (QED) is 0.642. The Morgan fingerprint density at radius 2 is 2.13 bits per heavy atom. The van der Waals surface area contributed by atoms with Crippen LogP contribution in [0.15, 0.2) is 0 Å². The maximum absolute atomic E-state index is 11.3. The van der Waals surface area contributed by atoms with Crippen LogP contribution in [0.4, 0.5) is 0 Å². The Balaban J connectivity index is 3.44. The van der Waals surface area contributed by atoms with E-state index in [0.717, 1.165) is 18.2 Å². The zero-order valence-electron chi connectivity index (χ0n) is 9.28. The molecule has 0 bridgehead atoms. The number of amides is 1. The average Bonchev–Trinajstić information content (AvgIpc) is 2.12. The van der Waals surface area contributed by atoms with Crippen LogP contribution in [0.5, 0.6) is 0 Å². The van der Waals surface area contributed by atoms with Gasteiger partial charge in [0.05, 0.1) is 6.10 Å². The van der Waals surface area contributed by atoms with Crippen LogP contribution in [0.25, 0.3) is 0 Å². The Morgan fingerprint density at radius 1 is 1.47 bits per heavy atom. The van der Waals surface area contributed by atoms with Gasteiger partial charge in [-0.2, -0.15) is 0 Å². The van der Waals surface area contributed by atoms with E-state index in [1.54, 1.807) is 0 Å². The van der Waals surface area contributed by atoms with Crippen LogP contribution in [-0.2, 0) is 9.59 Å². The molecule has 88 valence electrons. The van der Waals surface area contributed by atoms with Crippen molar-refractivity contribution >= 4 is 22.8 Å². The first-order chi connectivity index (χ1) is 7.06. The van der Waals surface area contributed by atoms with Gasteiger partial charge in [0, 0.05) is 25.6 Å². The molecule has 0 aliphatic heterocycles. The number of carbonyl (C=O) groups is 2. The molecule has 2 N–H and O–H groups in total. The maximum Gasteiger partial charge on any atom is 0.216 e. The van der Waals surface area contributed by atoms with E-state index in [2.05, 4.69) is 5.32 Å². The molecule has 0 rings (SSSR count). The standard InChI is InChI=1S/C10H19NO3S/c1-3-4-9(13)7-10(14)15-6-5-11-8(2)12/h9,13H,3-7H2,1-2H3,(H,11,12)/t9-/m0/s1. The lowest BCUT2D eigenvalue weighted by molar-refractivity contribution is -0.119. The Morgan fingerprint density at radius 3 is 2.67 bits per heavy atom. The molecule has 0 aromatic carbocycles. The van der Waals surface area contributed by atoms with Gasteiger partial charge < -0.3 is 10.4 Å². The predicted molar refractivity (Wildman–Crippen MR) is 61.7 cm³/mol. The van der Waals surface area contributed by atoms with Crippen LogP contribution in [0, 0.1) is 0 Å². The molecule has 0 aliphatic rings. The number of hydrogen-bond donors (Lipinski definition) is 2. The molecule has 1 amide bonds. The molecular weight excluding hydrogens is 214 g/mol. The average molecular weight is 233 g/mol. The lowest BCUT2D eigenvalue weighted by Gasteiger charge is -2.07. The minimum Gasteiger partial charge on any atom is -0.393 e. The molecule has 0 aliphatic carbocycles. The minimum atomic E-state index is -0.518. The number of nitrogens with one attached hydrogen (secondary N) is 1. The highest BCUT2D eigenvalue weighted by Gasteiger charge is 2.09. The predicted octanol–water partition coefficient (Wildman–Crippen LogP) is 0.933. The summed E-state index contributed by atoms with van der Waals surface area (Å²) in [6.07, 6.45) is 1.23. The van der Waals surface area contributed by atoms with Gasteiger partial charge >= 0.3 is 0 Å². The summed E-state index contributed by atoms with van der Waals surface area (Å²) >= 11 is 1.16. The van der Waals surface area contributed by atoms with Crippen LogP contribution < -0.4 is 5.32 Å². The molecule has 15 heavy (non-hydrogen) atoms. The summed E-state index contributed by atoms with van der Waals surface area (Å²) in [6.45, 7) is 3.91. The summed E-state index contributed by atoms with van der Waals surface area (Å²) < 4.78 is 0. The molecule has 0 radical (unpaired) electrons. The van der Waals surface area contributed by atoms with Gasteiger partial charge in [-0.25, -0.2) is 0 Å². The fraction of sp³-hybridized carbons (Fsp3) is 0.800. The van der Waals surface area contributed by atoms with Crippen molar-refractivity contribution in [1.82, 2.24) is 5.32 Å². The van der Waals surface area contributed by atoms with Crippen molar-refractivity contribution in [1.29, 1.82) is 0 Å². The zero-order chi connectivity index (χ0) is 11.7. The Bertz CT molecular complexity index is 209. The first kappa shape index (κ1) is 14.5. The molecule has 0 aromatic rings. The largest absolute Gasteiger partial charge is 0.393 e. The number of rotatable bonds is 7. The summed E-state index contributed by atoms with van der Waals surface area (Å²) in [4.78, 5) is 21.8. The molecule has 0 saturated carbocycles. The fourth-order valence-electron chi connectivity index (χ4n) is 1.08. The van der Waals surface area contributed by atoms with Gasteiger partial charge in [0.25, 0.3) is 0 Å². The minimum absolute atomic E-state index is 0.0127. The summed E-state index contributed by atoms with van der Waals surface area (Å²) in [7, 11) is 0. The smallest absolute Gasteiger partial charge is 0.216 e. The van der Waals surface area contributed by atoms with Crippen molar-refractivity contribution in [2.45, 2.75) is 39.2 Å². The number of hydrogen-bond acceptors (Lipinski definition) is 4. The van der Waals surface area contributed by atoms with Crippen molar-refractivity contribution in [3.05, 3.63) is 0 Å². The van der Waals surface area contributed by atoms with E-state index in [4.69, 9.17) is 0 Å². The van der Waals surface area contributed by atoms with E-state index in [1.807, 2.05) is 6.92 Å². The molecule has 0 fully saturated rings. The highest BCUT2D eigenvalue weighted by atomic mass is 32.2. The highest BCUT2D eigenvalue weighted by molar-refractivity contribution is 8.13. The number of carbonyl (C=O) groups excluding carboxylic acids is 2. The third-order valence-corrected chi connectivity index (χ3v) is 2.66. The van der Waals surface area contributed by atoms with Crippen molar-refractivity contribution in [3.63, 3.8) is 0 Å². The van der Waals surface area contributed by atoms with Crippen molar-refractivity contribution in [2.75, 3.05) is 12.3 Å². The van der Waals surface area contributed by atoms with Crippen molar-refractivity contribution < 1.29 is 14.7 Å². The van der Waals surface area contributed by atoms with Crippen LogP contribution in [0.2, 0.25) is 0 Å². The van der Waals surface area contributed by atoms with Gasteiger partial charge in [0.1, 0.15) is 0 Å². The summed E-state index contributed by atoms with van der Waals surface area (Å²) in [5.41, 5.74) is 0. The molecule has 5 heteroatoms. The molecule has 0 spiro atoms. The van der Waals surface area contributed by atoms with E-state index in [-0.39, 0.29) is 17.4 Å². The van der Waals surface area contributed by atoms with Gasteiger partial charge in [-0.3, -0.25) is 9.59 Å². The normalized spacial score (nSPS) is 12.2. The number of thioether (sulfide) groups is 1. The summed E-state index contributed by atoms with van der Waals surface area (Å²) in [5, 5.41) is 12.0. The molecule has 4 nitrogen and oxygen atoms in total. The Kier molecular flexibility index (Phi) is 8.41. The first-order valence-corrected chi connectivity index (χ1v) is 6.13. The van der Waals surface area contributed by atoms with E-state index in [9.17, 15) is 14.7 Å². The molecule has 0 saturated heterocycles. The Labute approximate surface area is 94.8 Å². The zero-order valence-corrected chi connectivity index (χ0v) is 10.1. The van der Waals surface area contributed by atoms with E-state index in [1.165, 1.54) is 6.92 Å². The van der Waals surface area contributed by atoms with E-state index in [0.29, 0.717) is 18.7 Å². The SMILES string of the molecule is CCC[C@H](O)CC(=O)SCCNC(C)=O. The highest BCUT2D eigenvalue weighted by Crippen LogP contribution is 2.10. The lowest BCUT2D eigenvalue weighted by Crippen LogP contribution is -2.23. The van der Waals surface area contributed by atoms with Crippen molar-refractivity contribution in [3.8, 4) is 0 Å². The second kappa shape index (κ2) is 8.73. The van der Waals surface area contributed by atoms with Crippen LogP contribution >= 0.6 is 11.8 Å². The van der Waals surface area contributed by atoms with Gasteiger partial charge in [-0.15, -0.1) is 0 Å². The summed E-state index contributed by atoms with van der Waals surface area (Å²) in [5.74, 6) is 0.478. The lowest BCUT2D eigenvalue weighted by atomic mass is 10.2. The third-order valence-electron chi connectivity index (χ3n) is 1.76. The molecule has 1 atom stereocenters. The first-order valence-electron chi connectivity index (χ1n) is 5.14. The van der Waals surface area contributed by atoms with Crippen LogP contribution in [0.1, 0.15) is 33.1 Å². The van der Waals surface area contributed by atoms with Gasteiger partial charge in [0.2, 0.25) is 5.91 Å². The second-order valence-corrected chi connectivity index (χ2v) is 4.50. The van der Waals surface area contributed by atoms with Gasteiger partial charge in [-0.1, -0.05) is 25.1 Å². The third kappa shape index (κ3) is 9.75. The molecule has 0 aromatic heterocycles. The molecule has 0 heterocycles. The summed E-state index contributed by atoms with van der Waals surface area (Å²) in [6, 6.07) is 0. The molecule has 0 unspecified atom stereocenters.